The maximum Gasteiger partial charge on any atom is 0.338 e. The fourth-order valence-corrected chi connectivity index (χ4v) is 2.15. The van der Waals surface area contributed by atoms with Crippen molar-refractivity contribution in [2.75, 3.05) is 7.11 Å². The lowest BCUT2D eigenvalue weighted by Gasteiger charge is -2.04. The number of H-pyrrole nitrogens is 1. The van der Waals surface area contributed by atoms with Crippen LogP contribution in [-0.2, 0) is 4.74 Å². The zero-order valence-corrected chi connectivity index (χ0v) is 10.5. The molecule has 0 radical (unpaired) electrons. The highest BCUT2D eigenvalue weighted by molar-refractivity contribution is 6.15. The second kappa shape index (κ2) is 4.18. The van der Waals surface area contributed by atoms with E-state index in [0.717, 1.165) is 11.1 Å². The molecule has 5 heteroatoms. The minimum absolute atomic E-state index is 0.342. The zero-order chi connectivity index (χ0) is 13.4. The topological polar surface area (TPSA) is 85.2 Å². The van der Waals surface area contributed by atoms with E-state index in [1.165, 1.54) is 7.11 Å². The van der Waals surface area contributed by atoms with Crippen LogP contribution in [0.2, 0.25) is 0 Å². The van der Waals surface area contributed by atoms with Crippen LogP contribution < -0.4 is 5.73 Å². The van der Waals surface area contributed by atoms with Gasteiger partial charge in [0.25, 0.3) is 5.91 Å². The highest BCUT2D eigenvalue weighted by Crippen LogP contribution is 2.28. The number of fused-ring (bicyclic) bond motifs is 1. The van der Waals surface area contributed by atoms with Crippen LogP contribution in [0.5, 0.6) is 0 Å². The van der Waals surface area contributed by atoms with Crippen LogP contribution in [0.4, 0.5) is 0 Å². The third-order valence-corrected chi connectivity index (χ3v) is 3.00. The fraction of sp³-hybridized carbons (Fsp3) is 0.231. The van der Waals surface area contributed by atoms with E-state index in [0.29, 0.717) is 22.2 Å². The average Bonchev–Trinajstić information content (AvgIpc) is 2.67. The SMILES string of the molecule is COC(=O)c1ccc(C)c2[nH]c(C)c(C(N)=O)c12. The first kappa shape index (κ1) is 12.2. The Morgan fingerprint density at radius 2 is 1.94 bits per heavy atom. The Morgan fingerprint density at radius 3 is 2.50 bits per heavy atom. The van der Waals surface area contributed by atoms with Gasteiger partial charge in [0.05, 0.1) is 23.8 Å². The van der Waals surface area contributed by atoms with Gasteiger partial charge < -0.3 is 15.5 Å². The van der Waals surface area contributed by atoms with Gasteiger partial charge in [-0.3, -0.25) is 4.79 Å². The Labute approximate surface area is 104 Å². The Bertz CT molecular complexity index is 656. The van der Waals surface area contributed by atoms with Gasteiger partial charge in [0.2, 0.25) is 0 Å². The van der Waals surface area contributed by atoms with E-state index < -0.39 is 11.9 Å². The maximum atomic E-state index is 11.7. The number of aryl methyl sites for hydroxylation is 2. The van der Waals surface area contributed by atoms with E-state index >= 15 is 0 Å². The van der Waals surface area contributed by atoms with E-state index in [1.807, 2.05) is 6.92 Å². The largest absolute Gasteiger partial charge is 0.465 e. The Morgan fingerprint density at radius 1 is 1.28 bits per heavy atom. The van der Waals surface area contributed by atoms with Crippen molar-refractivity contribution in [3.05, 3.63) is 34.5 Å². The molecule has 0 saturated heterocycles. The smallest absolute Gasteiger partial charge is 0.338 e. The van der Waals surface area contributed by atoms with Crippen LogP contribution in [0, 0.1) is 13.8 Å². The molecule has 0 bridgehead atoms. The zero-order valence-electron chi connectivity index (χ0n) is 10.5. The van der Waals surface area contributed by atoms with Crippen LogP contribution in [0.15, 0.2) is 12.1 Å². The number of benzene rings is 1. The van der Waals surface area contributed by atoms with Crippen LogP contribution in [0.3, 0.4) is 0 Å². The van der Waals surface area contributed by atoms with Crippen LogP contribution in [0.25, 0.3) is 10.9 Å². The summed E-state index contributed by atoms with van der Waals surface area (Å²) in [5, 5.41) is 0.534. The van der Waals surface area contributed by atoms with Crippen molar-refractivity contribution in [3.63, 3.8) is 0 Å². The van der Waals surface area contributed by atoms with Gasteiger partial charge in [-0.1, -0.05) is 6.07 Å². The van der Waals surface area contributed by atoms with Gasteiger partial charge in [0.15, 0.2) is 0 Å². The molecule has 2 rings (SSSR count). The third kappa shape index (κ3) is 1.64. The molecule has 1 aromatic carbocycles. The molecule has 0 fully saturated rings. The minimum Gasteiger partial charge on any atom is -0.465 e. The van der Waals surface area contributed by atoms with Gasteiger partial charge >= 0.3 is 5.97 Å². The number of nitrogens with two attached hydrogens (primary N) is 1. The molecule has 0 saturated carbocycles. The second-order valence-electron chi connectivity index (χ2n) is 4.16. The summed E-state index contributed by atoms with van der Waals surface area (Å²) in [6.45, 7) is 3.64. The number of ether oxygens (including phenoxy) is 1. The molecule has 0 spiro atoms. The normalized spacial score (nSPS) is 10.6. The molecule has 0 aliphatic carbocycles. The minimum atomic E-state index is -0.561. The molecule has 1 amide bonds. The number of nitrogens with one attached hydrogen (secondary N) is 1. The average molecular weight is 246 g/mol. The molecule has 2 aromatic rings. The van der Waals surface area contributed by atoms with Crippen molar-refractivity contribution in [2.45, 2.75) is 13.8 Å². The molecule has 0 aliphatic heterocycles. The summed E-state index contributed by atoms with van der Waals surface area (Å²) in [6.07, 6.45) is 0. The Kier molecular flexibility index (Phi) is 2.82. The lowest BCUT2D eigenvalue weighted by Crippen LogP contribution is -2.13. The summed E-state index contributed by atoms with van der Waals surface area (Å²) in [5.41, 5.74) is 8.39. The number of aromatic nitrogens is 1. The number of primary amides is 1. The molecular weight excluding hydrogens is 232 g/mol. The summed E-state index contributed by atoms with van der Waals surface area (Å²) in [4.78, 5) is 26.3. The summed E-state index contributed by atoms with van der Waals surface area (Å²) in [7, 11) is 1.30. The number of carbonyl (C=O) groups excluding carboxylic acids is 2. The molecule has 3 N–H and O–H groups in total. The van der Waals surface area contributed by atoms with E-state index in [4.69, 9.17) is 10.5 Å². The Hall–Kier alpha value is -2.30. The van der Waals surface area contributed by atoms with Crippen molar-refractivity contribution in [3.8, 4) is 0 Å². The van der Waals surface area contributed by atoms with Crippen molar-refractivity contribution in [1.29, 1.82) is 0 Å². The number of amides is 1. The lowest BCUT2D eigenvalue weighted by molar-refractivity contribution is 0.0603. The first-order chi connectivity index (χ1) is 8.47. The van der Waals surface area contributed by atoms with Gasteiger partial charge in [-0.05, 0) is 25.5 Å². The number of hydrogen-bond donors (Lipinski definition) is 2. The van der Waals surface area contributed by atoms with E-state index in [-0.39, 0.29) is 0 Å². The van der Waals surface area contributed by atoms with Gasteiger partial charge in [-0.2, -0.15) is 0 Å². The highest BCUT2D eigenvalue weighted by atomic mass is 16.5. The molecule has 18 heavy (non-hydrogen) atoms. The van der Waals surface area contributed by atoms with Crippen LogP contribution in [0.1, 0.15) is 32.0 Å². The van der Waals surface area contributed by atoms with Crippen molar-refractivity contribution < 1.29 is 14.3 Å². The second-order valence-corrected chi connectivity index (χ2v) is 4.16. The van der Waals surface area contributed by atoms with E-state index in [2.05, 4.69) is 4.98 Å². The first-order valence-electron chi connectivity index (χ1n) is 5.47. The third-order valence-electron chi connectivity index (χ3n) is 3.00. The summed E-state index contributed by atoms with van der Waals surface area (Å²) in [5.74, 6) is -1.05. The molecular formula is C13H14N2O3. The van der Waals surface area contributed by atoms with Crippen molar-refractivity contribution in [1.82, 2.24) is 4.98 Å². The summed E-state index contributed by atoms with van der Waals surface area (Å²) >= 11 is 0. The number of esters is 1. The summed E-state index contributed by atoms with van der Waals surface area (Å²) in [6, 6.07) is 3.44. The van der Waals surface area contributed by atoms with Gasteiger partial charge in [0.1, 0.15) is 0 Å². The standard InChI is InChI=1S/C13H14N2O3/c1-6-4-5-8(13(17)18-3)10-9(12(14)16)7(2)15-11(6)10/h4-5,15H,1-3H3,(H2,14,16). The molecule has 5 nitrogen and oxygen atoms in total. The van der Waals surface area contributed by atoms with E-state index in [1.54, 1.807) is 19.1 Å². The number of rotatable bonds is 2. The van der Waals surface area contributed by atoms with E-state index in [9.17, 15) is 9.59 Å². The summed E-state index contributed by atoms with van der Waals surface area (Å²) < 4.78 is 4.72. The molecule has 0 unspecified atom stereocenters. The molecule has 0 atom stereocenters. The first-order valence-corrected chi connectivity index (χ1v) is 5.47. The molecule has 1 aromatic heterocycles. The van der Waals surface area contributed by atoms with Gasteiger partial charge in [-0.15, -0.1) is 0 Å². The number of methoxy groups -OCH3 is 1. The Balaban J connectivity index is 2.93. The molecule has 0 aliphatic rings. The predicted octanol–water partition coefficient (Wildman–Crippen LogP) is 1.67. The van der Waals surface area contributed by atoms with Gasteiger partial charge in [0, 0.05) is 11.1 Å². The predicted molar refractivity (Wildman–Crippen MR) is 67.6 cm³/mol. The number of hydrogen-bond acceptors (Lipinski definition) is 3. The highest BCUT2D eigenvalue weighted by Gasteiger charge is 2.21. The monoisotopic (exact) mass is 246 g/mol. The number of aromatic amines is 1. The molecule has 94 valence electrons. The van der Waals surface area contributed by atoms with Crippen molar-refractivity contribution in [2.24, 2.45) is 5.73 Å². The fourth-order valence-electron chi connectivity index (χ4n) is 2.15. The van der Waals surface area contributed by atoms with Gasteiger partial charge in [-0.25, -0.2) is 4.79 Å². The lowest BCUT2D eigenvalue weighted by atomic mass is 10.0. The van der Waals surface area contributed by atoms with Crippen molar-refractivity contribution >= 4 is 22.8 Å². The molecule has 1 heterocycles. The van der Waals surface area contributed by atoms with Crippen LogP contribution in [-0.4, -0.2) is 24.0 Å². The number of carbonyl (C=O) groups is 2. The maximum absolute atomic E-state index is 11.7. The van der Waals surface area contributed by atoms with Crippen LogP contribution >= 0.6 is 0 Å². The quantitative estimate of drug-likeness (QED) is 0.790.